The average Bonchev–Trinajstić information content (AvgIpc) is 2.34. The predicted octanol–water partition coefficient (Wildman–Crippen LogP) is 1.34. The second kappa shape index (κ2) is 6.44. The van der Waals surface area contributed by atoms with Crippen molar-refractivity contribution in [1.82, 2.24) is 4.90 Å². The lowest BCUT2D eigenvalue weighted by atomic mass is 10.2. The minimum Gasteiger partial charge on any atom is -0.508 e. The standard InChI is InChI=1S/C13H15NO4/c1-14(9-8-13(17)18)12(16)7-4-10-2-5-11(15)6-3-10/h2-7,15H,8-9H2,1H3,(H,17,18). The van der Waals surface area contributed by atoms with Gasteiger partial charge in [0.1, 0.15) is 5.75 Å². The third kappa shape index (κ3) is 4.69. The highest BCUT2D eigenvalue weighted by Crippen LogP contribution is 2.10. The number of likely N-dealkylation sites (N-methyl/N-ethyl adjacent to an activating group) is 1. The lowest BCUT2D eigenvalue weighted by Crippen LogP contribution is -2.27. The summed E-state index contributed by atoms with van der Waals surface area (Å²) < 4.78 is 0. The number of benzene rings is 1. The smallest absolute Gasteiger partial charge is 0.305 e. The summed E-state index contributed by atoms with van der Waals surface area (Å²) in [5, 5.41) is 17.6. The number of carboxylic acids is 1. The van der Waals surface area contributed by atoms with E-state index in [0.717, 1.165) is 5.56 Å². The Morgan fingerprint density at radius 3 is 2.44 bits per heavy atom. The van der Waals surface area contributed by atoms with E-state index >= 15 is 0 Å². The SMILES string of the molecule is CN(CCC(=O)O)C(=O)C=Cc1ccc(O)cc1. The van der Waals surface area contributed by atoms with E-state index in [-0.39, 0.29) is 24.6 Å². The van der Waals surface area contributed by atoms with E-state index in [1.54, 1.807) is 25.3 Å². The lowest BCUT2D eigenvalue weighted by molar-refractivity contribution is -0.137. The van der Waals surface area contributed by atoms with Gasteiger partial charge in [0, 0.05) is 19.7 Å². The number of hydrogen-bond donors (Lipinski definition) is 2. The van der Waals surface area contributed by atoms with Gasteiger partial charge in [-0.1, -0.05) is 12.1 Å². The molecule has 0 bridgehead atoms. The van der Waals surface area contributed by atoms with Crippen molar-refractivity contribution in [2.24, 2.45) is 0 Å². The summed E-state index contributed by atoms with van der Waals surface area (Å²) in [5.41, 5.74) is 0.785. The number of phenolic OH excluding ortho intramolecular Hbond substituents is 1. The Morgan fingerprint density at radius 2 is 1.89 bits per heavy atom. The van der Waals surface area contributed by atoms with Crippen LogP contribution in [0.5, 0.6) is 5.75 Å². The summed E-state index contributed by atoms with van der Waals surface area (Å²) in [4.78, 5) is 23.3. The molecule has 1 rings (SSSR count). The normalized spacial score (nSPS) is 10.5. The quantitative estimate of drug-likeness (QED) is 0.772. The first-order valence-electron chi connectivity index (χ1n) is 5.43. The molecule has 1 aromatic carbocycles. The van der Waals surface area contributed by atoms with E-state index in [1.807, 2.05) is 0 Å². The highest BCUT2D eigenvalue weighted by atomic mass is 16.4. The first kappa shape index (κ1) is 13.8. The van der Waals surface area contributed by atoms with Gasteiger partial charge in [0.05, 0.1) is 6.42 Å². The number of amides is 1. The second-order valence-corrected chi connectivity index (χ2v) is 3.83. The molecule has 18 heavy (non-hydrogen) atoms. The third-order valence-corrected chi connectivity index (χ3v) is 2.35. The Balaban J connectivity index is 2.53. The maximum atomic E-state index is 11.6. The molecule has 0 saturated heterocycles. The summed E-state index contributed by atoms with van der Waals surface area (Å²) in [6, 6.07) is 6.41. The van der Waals surface area contributed by atoms with Crippen LogP contribution >= 0.6 is 0 Å². The molecule has 2 N–H and O–H groups in total. The lowest BCUT2D eigenvalue weighted by Gasteiger charge is -2.13. The number of phenols is 1. The average molecular weight is 249 g/mol. The van der Waals surface area contributed by atoms with Crippen molar-refractivity contribution >= 4 is 18.0 Å². The van der Waals surface area contributed by atoms with Crippen LogP contribution < -0.4 is 0 Å². The molecule has 0 radical (unpaired) electrons. The number of rotatable bonds is 5. The van der Waals surface area contributed by atoms with Gasteiger partial charge in [0.15, 0.2) is 0 Å². The van der Waals surface area contributed by atoms with Crippen molar-refractivity contribution in [2.75, 3.05) is 13.6 Å². The van der Waals surface area contributed by atoms with Crippen molar-refractivity contribution < 1.29 is 19.8 Å². The van der Waals surface area contributed by atoms with E-state index in [0.29, 0.717) is 0 Å². The molecular formula is C13H15NO4. The van der Waals surface area contributed by atoms with Gasteiger partial charge in [-0.15, -0.1) is 0 Å². The van der Waals surface area contributed by atoms with Crippen molar-refractivity contribution in [3.05, 3.63) is 35.9 Å². The Bertz CT molecular complexity index is 451. The molecule has 0 aliphatic carbocycles. The first-order valence-corrected chi connectivity index (χ1v) is 5.43. The van der Waals surface area contributed by atoms with E-state index in [1.165, 1.54) is 23.1 Å². The number of carboxylic acid groups (broad SMARTS) is 1. The minimum absolute atomic E-state index is 0.0741. The summed E-state index contributed by atoms with van der Waals surface area (Å²) in [5.74, 6) is -1.03. The molecule has 0 aliphatic rings. The first-order chi connectivity index (χ1) is 8.49. The number of aromatic hydroxyl groups is 1. The Hall–Kier alpha value is -2.30. The minimum atomic E-state index is -0.933. The van der Waals surface area contributed by atoms with Crippen LogP contribution in [0.4, 0.5) is 0 Å². The fraction of sp³-hybridized carbons (Fsp3) is 0.231. The van der Waals surface area contributed by atoms with Crippen LogP contribution in [0.1, 0.15) is 12.0 Å². The Labute approximate surface area is 105 Å². The van der Waals surface area contributed by atoms with Crippen LogP contribution in [0.25, 0.3) is 6.08 Å². The third-order valence-electron chi connectivity index (χ3n) is 2.35. The van der Waals surface area contributed by atoms with Gasteiger partial charge in [-0.2, -0.15) is 0 Å². The number of hydrogen-bond acceptors (Lipinski definition) is 3. The zero-order chi connectivity index (χ0) is 13.5. The maximum absolute atomic E-state index is 11.6. The number of carbonyl (C=O) groups is 2. The second-order valence-electron chi connectivity index (χ2n) is 3.83. The summed E-state index contributed by atoms with van der Waals surface area (Å²) in [6.07, 6.45) is 2.91. The maximum Gasteiger partial charge on any atom is 0.305 e. The van der Waals surface area contributed by atoms with E-state index < -0.39 is 5.97 Å². The van der Waals surface area contributed by atoms with Crippen molar-refractivity contribution in [1.29, 1.82) is 0 Å². The molecule has 0 aromatic heterocycles. The van der Waals surface area contributed by atoms with Crippen molar-refractivity contribution in [3.63, 3.8) is 0 Å². The molecule has 0 fully saturated rings. The van der Waals surface area contributed by atoms with E-state index in [2.05, 4.69) is 0 Å². The highest BCUT2D eigenvalue weighted by Gasteiger charge is 2.06. The molecule has 0 atom stereocenters. The van der Waals surface area contributed by atoms with E-state index in [9.17, 15) is 9.59 Å². The molecule has 5 nitrogen and oxygen atoms in total. The van der Waals surface area contributed by atoms with Crippen LogP contribution in [-0.2, 0) is 9.59 Å². The van der Waals surface area contributed by atoms with Crippen molar-refractivity contribution in [3.8, 4) is 5.75 Å². The molecule has 96 valence electrons. The van der Waals surface area contributed by atoms with Gasteiger partial charge in [-0.05, 0) is 23.8 Å². The van der Waals surface area contributed by atoms with Crippen LogP contribution in [0.15, 0.2) is 30.3 Å². The molecule has 0 aliphatic heterocycles. The fourth-order valence-electron chi connectivity index (χ4n) is 1.25. The van der Waals surface area contributed by atoms with Gasteiger partial charge in [0.25, 0.3) is 0 Å². The van der Waals surface area contributed by atoms with Gasteiger partial charge in [-0.3, -0.25) is 9.59 Å². The molecule has 1 aromatic rings. The Morgan fingerprint density at radius 1 is 1.28 bits per heavy atom. The topological polar surface area (TPSA) is 77.8 Å². The van der Waals surface area contributed by atoms with Gasteiger partial charge in [0.2, 0.25) is 5.91 Å². The fourth-order valence-corrected chi connectivity index (χ4v) is 1.25. The molecule has 0 unspecified atom stereocenters. The van der Waals surface area contributed by atoms with E-state index in [4.69, 9.17) is 10.2 Å². The molecule has 0 spiro atoms. The Kier molecular flexibility index (Phi) is 4.92. The number of carbonyl (C=O) groups excluding carboxylic acids is 1. The molecule has 1 amide bonds. The van der Waals surface area contributed by atoms with Crippen LogP contribution in [0.2, 0.25) is 0 Å². The summed E-state index contributed by atoms with van der Waals surface area (Å²) >= 11 is 0. The molecule has 0 saturated carbocycles. The van der Waals surface area contributed by atoms with Gasteiger partial charge in [-0.25, -0.2) is 0 Å². The zero-order valence-corrected chi connectivity index (χ0v) is 10.0. The summed E-state index contributed by atoms with van der Waals surface area (Å²) in [7, 11) is 1.55. The largest absolute Gasteiger partial charge is 0.508 e. The van der Waals surface area contributed by atoms with Crippen LogP contribution in [-0.4, -0.2) is 40.6 Å². The number of aliphatic carboxylic acids is 1. The van der Waals surface area contributed by atoms with Crippen molar-refractivity contribution in [2.45, 2.75) is 6.42 Å². The summed E-state index contributed by atoms with van der Waals surface area (Å²) in [6.45, 7) is 0.175. The van der Waals surface area contributed by atoms with Gasteiger partial charge >= 0.3 is 5.97 Å². The molecule has 5 heteroatoms. The molecule has 0 heterocycles. The monoisotopic (exact) mass is 249 g/mol. The molecular weight excluding hydrogens is 234 g/mol. The number of nitrogens with zero attached hydrogens (tertiary/aromatic N) is 1. The zero-order valence-electron chi connectivity index (χ0n) is 10.0. The highest BCUT2D eigenvalue weighted by molar-refractivity contribution is 5.91. The van der Waals surface area contributed by atoms with Crippen LogP contribution in [0, 0.1) is 0 Å². The van der Waals surface area contributed by atoms with Crippen LogP contribution in [0.3, 0.4) is 0 Å². The predicted molar refractivity (Wildman–Crippen MR) is 67.0 cm³/mol. The van der Waals surface area contributed by atoms with Gasteiger partial charge < -0.3 is 15.1 Å².